The molecular formula is C21H26N2O3. The maximum absolute atomic E-state index is 12.6. The number of aliphatic hydroxyl groups is 1. The van der Waals surface area contributed by atoms with Crippen LogP contribution in [0.2, 0.25) is 0 Å². The molecule has 138 valence electrons. The monoisotopic (exact) mass is 354 g/mol. The molecule has 2 aromatic rings. The second-order valence-electron chi connectivity index (χ2n) is 6.90. The Kier molecular flexibility index (Phi) is 6.23. The molecule has 1 aliphatic rings. The van der Waals surface area contributed by atoms with Gasteiger partial charge in [0.05, 0.1) is 13.0 Å². The van der Waals surface area contributed by atoms with Gasteiger partial charge in [0, 0.05) is 13.1 Å². The van der Waals surface area contributed by atoms with Crippen LogP contribution in [0.3, 0.4) is 0 Å². The van der Waals surface area contributed by atoms with Crippen LogP contribution in [-0.4, -0.2) is 47.6 Å². The predicted molar refractivity (Wildman–Crippen MR) is 102 cm³/mol. The highest BCUT2D eigenvalue weighted by molar-refractivity contribution is 5.89. The van der Waals surface area contributed by atoms with Gasteiger partial charge >= 0.3 is 0 Å². The molecule has 1 saturated heterocycles. The van der Waals surface area contributed by atoms with Crippen LogP contribution in [0.15, 0.2) is 42.5 Å². The van der Waals surface area contributed by atoms with Crippen molar-refractivity contribution in [3.8, 4) is 0 Å². The summed E-state index contributed by atoms with van der Waals surface area (Å²) in [6.07, 6.45) is 4.41. The SMILES string of the molecule is O=C(Cc1ccc2ccccc2c1)NC(CO)C(=O)N1CCCCCC1. The number of benzene rings is 2. The molecule has 0 aromatic heterocycles. The van der Waals surface area contributed by atoms with E-state index >= 15 is 0 Å². The highest BCUT2D eigenvalue weighted by atomic mass is 16.3. The summed E-state index contributed by atoms with van der Waals surface area (Å²) < 4.78 is 0. The van der Waals surface area contributed by atoms with E-state index in [9.17, 15) is 14.7 Å². The maximum Gasteiger partial charge on any atom is 0.247 e. The number of fused-ring (bicyclic) bond motifs is 1. The van der Waals surface area contributed by atoms with E-state index in [-0.39, 0.29) is 24.8 Å². The summed E-state index contributed by atoms with van der Waals surface area (Å²) in [6, 6.07) is 13.0. The van der Waals surface area contributed by atoms with E-state index in [4.69, 9.17) is 0 Å². The van der Waals surface area contributed by atoms with Gasteiger partial charge in [0.1, 0.15) is 6.04 Å². The Balaban J connectivity index is 1.61. The molecule has 0 aliphatic carbocycles. The summed E-state index contributed by atoms with van der Waals surface area (Å²) in [6.45, 7) is 1.03. The van der Waals surface area contributed by atoms with Crippen molar-refractivity contribution in [1.29, 1.82) is 0 Å². The van der Waals surface area contributed by atoms with E-state index in [2.05, 4.69) is 5.32 Å². The van der Waals surface area contributed by atoms with Crippen molar-refractivity contribution >= 4 is 22.6 Å². The molecule has 5 nitrogen and oxygen atoms in total. The summed E-state index contributed by atoms with van der Waals surface area (Å²) in [7, 11) is 0. The van der Waals surface area contributed by atoms with Gasteiger partial charge in [-0.25, -0.2) is 0 Å². The zero-order valence-electron chi connectivity index (χ0n) is 15.0. The maximum atomic E-state index is 12.6. The Morgan fingerprint density at radius 1 is 1.00 bits per heavy atom. The smallest absolute Gasteiger partial charge is 0.247 e. The fourth-order valence-corrected chi connectivity index (χ4v) is 3.48. The third-order valence-corrected chi connectivity index (χ3v) is 4.91. The molecule has 5 heteroatoms. The van der Waals surface area contributed by atoms with Crippen molar-refractivity contribution in [2.75, 3.05) is 19.7 Å². The fraction of sp³-hybridized carbons (Fsp3) is 0.429. The lowest BCUT2D eigenvalue weighted by Gasteiger charge is -2.25. The average molecular weight is 354 g/mol. The van der Waals surface area contributed by atoms with Crippen LogP contribution in [0.4, 0.5) is 0 Å². The molecule has 1 atom stereocenters. The van der Waals surface area contributed by atoms with E-state index < -0.39 is 6.04 Å². The highest BCUT2D eigenvalue weighted by Crippen LogP contribution is 2.16. The first-order chi connectivity index (χ1) is 12.7. The lowest BCUT2D eigenvalue weighted by Crippen LogP contribution is -2.51. The molecular weight excluding hydrogens is 328 g/mol. The van der Waals surface area contributed by atoms with Crippen LogP contribution in [-0.2, 0) is 16.0 Å². The van der Waals surface area contributed by atoms with Gasteiger partial charge < -0.3 is 15.3 Å². The van der Waals surface area contributed by atoms with Crippen LogP contribution in [0.1, 0.15) is 31.2 Å². The first-order valence-corrected chi connectivity index (χ1v) is 9.34. The zero-order chi connectivity index (χ0) is 18.4. The molecule has 2 N–H and O–H groups in total. The van der Waals surface area contributed by atoms with Crippen molar-refractivity contribution in [1.82, 2.24) is 10.2 Å². The zero-order valence-corrected chi connectivity index (χ0v) is 15.0. The molecule has 0 spiro atoms. The predicted octanol–water partition coefficient (Wildman–Crippen LogP) is 2.26. The number of nitrogens with zero attached hydrogens (tertiary/aromatic N) is 1. The van der Waals surface area contributed by atoms with Crippen LogP contribution in [0.5, 0.6) is 0 Å². The molecule has 26 heavy (non-hydrogen) atoms. The molecule has 1 aliphatic heterocycles. The Morgan fingerprint density at radius 3 is 2.38 bits per heavy atom. The molecule has 0 saturated carbocycles. The number of carbonyl (C=O) groups excluding carboxylic acids is 2. The molecule has 0 bridgehead atoms. The second kappa shape index (κ2) is 8.81. The minimum atomic E-state index is -0.860. The quantitative estimate of drug-likeness (QED) is 0.865. The lowest BCUT2D eigenvalue weighted by molar-refractivity contribution is -0.137. The number of aliphatic hydroxyl groups excluding tert-OH is 1. The number of nitrogens with one attached hydrogen (secondary N) is 1. The normalized spacial score (nSPS) is 16.1. The Bertz CT molecular complexity index is 767. The van der Waals surface area contributed by atoms with Crippen molar-refractivity contribution < 1.29 is 14.7 Å². The Hall–Kier alpha value is -2.40. The topological polar surface area (TPSA) is 69.6 Å². The molecule has 2 aromatic carbocycles. The van der Waals surface area contributed by atoms with Gasteiger partial charge in [-0.1, -0.05) is 55.3 Å². The number of rotatable bonds is 5. The largest absolute Gasteiger partial charge is 0.394 e. The van der Waals surface area contributed by atoms with E-state index in [0.29, 0.717) is 13.1 Å². The first-order valence-electron chi connectivity index (χ1n) is 9.34. The van der Waals surface area contributed by atoms with Gasteiger partial charge in [0.25, 0.3) is 0 Å². The summed E-state index contributed by atoms with van der Waals surface area (Å²) >= 11 is 0. The highest BCUT2D eigenvalue weighted by Gasteiger charge is 2.25. The number of carbonyl (C=O) groups is 2. The van der Waals surface area contributed by atoms with Gasteiger partial charge in [-0.2, -0.15) is 0 Å². The van der Waals surface area contributed by atoms with Gasteiger partial charge in [-0.05, 0) is 29.2 Å². The number of hydrogen-bond acceptors (Lipinski definition) is 3. The van der Waals surface area contributed by atoms with E-state index in [1.807, 2.05) is 42.5 Å². The first kappa shape index (κ1) is 18.4. The van der Waals surface area contributed by atoms with Crippen molar-refractivity contribution in [2.45, 2.75) is 38.1 Å². The molecule has 1 fully saturated rings. The van der Waals surface area contributed by atoms with Crippen LogP contribution in [0.25, 0.3) is 10.8 Å². The fourth-order valence-electron chi connectivity index (χ4n) is 3.48. The van der Waals surface area contributed by atoms with Crippen molar-refractivity contribution in [3.63, 3.8) is 0 Å². The van der Waals surface area contributed by atoms with Crippen LogP contribution in [0, 0.1) is 0 Å². The average Bonchev–Trinajstić information content (AvgIpc) is 2.95. The van der Waals surface area contributed by atoms with Crippen molar-refractivity contribution in [2.24, 2.45) is 0 Å². The van der Waals surface area contributed by atoms with Gasteiger partial charge in [-0.3, -0.25) is 9.59 Å². The van der Waals surface area contributed by atoms with Crippen molar-refractivity contribution in [3.05, 3.63) is 48.0 Å². The Labute approximate surface area is 154 Å². The molecule has 3 rings (SSSR count). The summed E-state index contributed by atoms with van der Waals surface area (Å²) in [5.41, 5.74) is 0.889. The minimum absolute atomic E-state index is 0.179. The summed E-state index contributed by atoms with van der Waals surface area (Å²) in [5, 5.41) is 14.5. The van der Waals surface area contributed by atoms with Crippen LogP contribution < -0.4 is 5.32 Å². The molecule has 2 amide bonds. The molecule has 0 radical (unpaired) electrons. The van der Waals surface area contributed by atoms with Gasteiger partial charge in [0.2, 0.25) is 11.8 Å². The number of hydrogen-bond donors (Lipinski definition) is 2. The summed E-state index contributed by atoms with van der Waals surface area (Å²) in [5.74, 6) is -0.427. The van der Waals surface area contributed by atoms with Gasteiger partial charge in [0.15, 0.2) is 0 Å². The standard InChI is InChI=1S/C21H26N2O3/c24-15-19(21(26)23-11-5-1-2-6-12-23)22-20(25)14-16-9-10-17-7-3-4-8-18(17)13-16/h3-4,7-10,13,19,24H,1-2,5-6,11-12,14-15H2,(H,22,25). The second-order valence-corrected chi connectivity index (χ2v) is 6.90. The van der Waals surface area contributed by atoms with E-state index in [1.165, 1.54) is 0 Å². The number of likely N-dealkylation sites (tertiary alicyclic amines) is 1. The third kappa shape index (κ3) is 4.61. The summed E-state index contributed by atoms with van der Waals surface area (Å²) in [4.78, 5) is 26.7. The van der Waals surface area contributed by atoms with E-state index in [1.54, 1.807) is 4.90 Å². The van der Waals surface area contributed by atoms with E-state index in [0.717, 1.165) is 42.0 Å². The Morgan fingerprint density at radius 2 is 1.69 bits per heavy atom. The minimum Gasteiger partial charge on any atom is -0.394 e. The number of amides is 2. The molecule has 1 unspecified atom stereocenters. The molecule has 1 heterocycles. The lowest BCUT2D eigenvalue weighted by atomic mass is 10.0. The van der Waals surface area contributed by atoms with Crippen LogP contribution >= 0.6 is 0 Å². The van der Waals surface area contributed by atoms with Gasteiger partial charge in [-0.15, -0.1) is 0 Å². The third-order valence-electron chi connectivity index (χ3n) is 4.91.